The van der Waals surface area contributed by atoms with Crippen molar-refractivity contribution in [1.29, 1.82) is 5.26 Å². The van der Waals surface area contributed by atoms with Gasteiger partial charge in [-0.05, 0) is 18.6 Å². The zero-order valence-electron chi connectivity index (χ0n) is 10.5. The lowest BCUT2D eigenvalue weighted by Gasteiger charge is -2.04. The average Bonchev–Trinajstić information content (AvgIpc) is 2.38. The van der Waals surface area contributed by atoms with E-state index in [2.05, 4.69) is 6.07 Å². The highest BCUT2D eigenvalue weighted by Crippen LogP contribution is 2.22. The van der Waals surface area contributed by atoms with Gasteiger partial charge in [0.15, 0.2) is 0 Å². The van der Waals surface area contributed by atoms with Gasteiger partial charge in [0.25, 0.3) is 0 Å². The Bertz CT molecular complexity index is 486. The fourth-order valence-corrected chi connectivity index (χ4v) is 1.48. The Morgan fingerprint density at radius 2 is 2.28 bits per heavy atom. The lowest BCUT2D eigenvalue weighted by Crippen LogP contribution is -2.01. The first-order valence-electron chi connectivity index (χ1n) is 5.62. The molecule has 1 rings (SSSR count). The van der Waals surface area contributed by atoms with Crippen molar-refractivity contribution in [1.82, 2.24) is 0 Å². The molecular formula is C14H15NO3. The Kier molecular flexibility index (Phi) is 5.46. The van der Waals surface area contributed by atoms with Crippen molar-refractivity contribution in [2.45, 2.75) is 13.3 Å². The third kappa shape index (κ3) is 3.63. The Hall–Kier alpha value is -2.28. The number of carbonyl (C=O) groups is 1. The molecule has 0 amide bonds. The molecular weight excluding hydrogens is 230 g/mol. The van der Waals surface area contributed by atoms with Crippen LogP contribution in [-0.4, -0.2) is 19.7 Å². The van der Waals surface area contributed by atoms with E-state index in [1.54, 1.807) is 37.3 Å². The van der Waals surface area contributed by atoms with Gasteiger partial charge >= 0.3 is 5.97 Å². The standard InChI is InChI=1S/C14H15NO3/c1-3-18-14(16)9-5-7-11-6-4-8-13(17-2)12(11)10-15/h4-8H,3,9H2,1-2H3. The van der Waals surface area contributed by atoms with Gasteiger partial charge in [-0.3, -0.25) is 4.79 Å². The molecule has 0 fully saturated rings. The van der Waals surface area contributed by atoms with E-state index < -0.39 is 0 Å². The molecule has 94 valence electrons. The molecule has 0 heterocycles. The smallest absolute Gasteiger partial charge is 0.309 e. The van der Waals surface area contributed by atoms with E-state index in [4.69, 9.17) is 14.7 Å². The zero-order chi connectivity index (χ0) is 13.4. The van der Waals surface area contributed by atoms with Crippen molar-refractivity contribution in [3.8, 4) is 11.8 Å². The summed E-state index contributed by atoms with van der Waals surface area (Å²) in [5, 5.41) is 9.07. The minimum atomic E-state index is -0.282. The van der Waals surface area contributed by atoms with Crippen LogP contribution in [0.15, 0.2) is 24.3 Å². The number of esters is 1. The van der Waals surface area contributed by atoms with Crippen molar-refractivity contribution >= 4 is 12.0 Å². The lowest BCUT2D eigenvalue weighted by atomic mass is 10.1. The number of ether oxygens (including phenoxy) is 2. The molecule has 0 saturated carbocycles. The van der Waals surface area contributed by atoms with E-state index in [9.17, 15) is 4.79 Å². The van der Waals surface area contributed by atoms with Crippen molar-refractivity contribution in [2.75, 3.05) is 13.7 Å². The van der Waals surface area contributed by atoms with Crippen LogP contribution in [0.3, 0.4) is 0 Å². The summed E-state index contributed by atoms with van der Waals surface area (Å²) in [7, 11) is 1.52. The summed E-state index contributed by atoms with van der Waals surface area (Å²) in [6, 6.07) is 7.40. The molecule has 0 unspecified atom stereocenters. The summed E-state index contributed by atoms with van der Waals surface area (Å²) in [5.74, 6) is 0.242. The summed E-state index contributed by atoms with van der Waals surface area (Å²) in [6.45, 7) is 2.13. The number of benzene rings is 1. The van der Waals surface area contributed by atoms with Crippen molar-refractivity contribution < 1.29 is 14.3 Å². The van der Waals surface area contributed by atoms with E-state index >= 15 is 0 Å². The van der Waals surface area contributed by atoms with E-state index in [1.165, 1.54) is 7.11 Å². The molecule has 4 nitrogen and oxygen atoms in total. The Morgan fingerprint density at radius 3 is 2.89 bits per heavy atom. The van der Waals surface area contributed by atoms with Crippen molar-refractivity contribution in [3.05, 3.63) is 35.4 Å². The number of hydrogen-bond donors (Lipinski definition) is 0. The molecule has 0 N–H and O–H groups in total. The van der Waals surface area contributed by atoms with Gasteiger partial charge < -0.3 is 9.47 Å². The van der Waals surface area contributed by atoms with Gasteiger partial charge in [0.2, 0.25) is 0 Å². The van der Waals surface area contributed by atoms with Crippen LogP contribution in [0.2, 0.25) is 0 Å². The molecule has 0 aromatic heterocycles. The molecule has 0 aliphatic rings. The van der Waals surface area contributed by atoms with Crippen LogP contribution in [-0.2, 0) is 9.53 Å². The largest absolute Gasteiger partial charge is 0.495 e. The summed E-state index contributed by atoms with van der Waals surface area (Å²) < 4.78 is 9.90. The van der Waals surface area contributed by atoms with Crippen LogP contribution in [0.5, 0.6) is 5.75 Å². The van der Waals surface area contributed by atoms with Gasteiger partial charge in [0.1, 0.15) is 17.4 Å². The molecule has 1 aromatic rings. The van der Waals surface area contributed by atoms with Crippen molar-refractivity contribution in [2.24, 2.45) is 0 Å². The maximum Gasteiger partial charge on any atom is 0.309 e. The molecule has 0 bridgehead atoms. The second kappa shape index (κ2) is 7.13. The molecule has 0 atom stereocenters. The highest BCUT2D eigenvalue weighted by molar-refractivity contribution is 5.73. The van der Waals surface area contributed by atoms with Crippen LogP contribution < -0.4 is 4.74 Å². The maximum atomic E-state index is 11.1. The topological polar surface area (TPSA) is 59.3 Å². The summed E-state index contributed by atoms with van der Waals surface area (Å²) in [4.78, 5) is 11.1. The molecule has 4 heteroatoms. The number of carbonyl (C=O) groups excluding carboxylic acids is 1. The van der Waals surface area contributed by atoms with E-state index in [0.29, 0.717) is 17.9 Å². The summed E-state index contributed by atoms with van der Waals surface area (Å²) in [5.41, 5.74) is 1.18. The predicted octanol–water partition coefficient (Wildman–Crippen LogP) is 2.53. The van der Waals surface area contributed by atoms with Gasteiger partial charge in [-0.15, -0.1) is 0 Å². The average molecular weight is 245 g/mol. The van der Waals surface area contributed by atoms with E-state index in [1.807, 2.05) is 0 Å². The third-order valence-corrected chi connectivity index (χ3v) is 2.28. The van der Waals surface area contributed by atoms with E-state index in [-0.39, 0.29) is 12.4 Å². The molecule has 1 aromatic carbocycles. The van der Waals surface area contributed by atoms with Crippen molar-refractivity contribution in [3.63, 3.8) is 0 Å². The highest BCUT2D eigenvalue weighted by Gasteiger charge is 2.05. The number of rotatable bonds is 5. The normalized spacial score (nSPS) is 10.1. The SMILES string of the molecule is CCOC(=O)CC=Cc1cccc(OC)c1C#N. The second-order valence-corrected chi connectivity index (χ2v) is 3.45. The minimum Gasteiger partial charge on any atom is -0.495 e. The number of methoxy groups -OCH3 is 1. The monoisotopic (exact) mass is 245 g/mol. The minimum absolute atomic E-state index is 0.190. The van der Waals surface area contributed by atoms with Crippen LogP contribution in [0.1, 0.15) is 24.5 Å². The Labute approximate surface area is 106 Å². The Morgan fingerprint density at radius 1 is 1.50 bits per heavy atom. The first-order valence-corrected chi connectivity index (χ1v) is 5.62. The molecule has 0 aliphatic heterocycles. The van der Waals surface area contributed by atoms with Gasteiger partial charge in [-0.25, -0.2) is 0 Å². The first kappa shape index (κ1) is 13.8. The van der Waals surface area contributed by atoms with Gasteiger partial charge in [-0.1, -0.05) is 24.3 Å². The molecule has 0 spiro atoms. The number of nitrogens with zero attached hydrogens (tertiary/aromatic N) is 1. The van der Waals surface area contributed by atoms with Gasteiger partial charge in [-0.2, -0.15) is 5.26 Å². The maximum absolute atomic E-state index is 11.1. The predicted molar refractivity (Wildman–Crippen MR) is 68.0 cm³/mol. The zero-order valence-corrected chi connectivity index (χ0v) is 10.5. The van der Waals surface area contributed by atoms with Crippen LogP contribution >= 0.6 is 0 Å². The van der Waals surface area contributed by atoms with Crippen LogP contribution in [0.4, 0.5) is 0 Å². The van der Waals surface area contributed by atoms with Crippen LogP contribution in [0, 0.1) is 11.3 Å². The molecule has 0 radical (unpaired) electrons. The van der Waals surface area contributed by atoms with Gasteiger partial charge in [0.05, 0.1) is 20.1 Å². The molecule has 0 saturated heterocycles. The first-order chi connectivity index (χ1) is 8.72. The van der Waals surface area contributed by atoms with Crippen LogP contribution in [0.25, 0.3) is 6.08 Å². The fourth-order valence-electron chi connectivity index (χ4n) is 1.48. The highest BCUT2D eigenvalue weighted by atomic mass is 16.5. The van der Waals surface area contributed by atoms with E-state index in [0.717, 1.165) is 5.56 Å². The Balaban J connectivity index is 2.82. The fraction of sp³-hybridized carbons (Fsp3) is 0.286. The molecule has 18 heavy (non-hydrogen) atoms. The number of nitriles is 1. The second-order valence-electron chi connectivity index (χ2n) is 3.45. The molecule has 0 aliphatic carbocycles. The van der Waals surface area contributed by atoms with Gasteiger partial charge in [0, 0.05) is 0 Å². The third-order valence-electron chi connectivity index (χ3n) is 2.28. The summed E-state index contributed by atoms with van der Waals surface area (Å²) >= 11 is 0. The summed E-state index contributed by atoms with van der Waals surface area (Å²) in [6.07, 6.45) is 3.58. The quantitative estimate of drug-likeness (QED) is 0.748. The number of hydrogen-bond acceptors (Lipinski definition) is 4. The lowest BCUT2D eigenvalue weighted by molar-refractivity contribution is -0.142.